The lowest BCUT2D eigenvalue weighted by atomic mass is 10.0. The van der Waals surface area contributed by atoms with Crippen LogP contribution in [0.2, 0.25) is 0 Å². The summed E-state index contributed by atoms with van der Waals surface area (Å²) in [5.74, 6) is 0.300. The number of halogens is 3. The molecule has 6 nitrogen and oxygen atoms in total. The van der Waals surface area contributed by atoms with E-state index in [4.69, 9.17) is 11.5 Å². The van der Waals surface area contributed by atoms with Gasteiger partial charge in [0, 0.05) is 29.9 Å². The average molecular weight is 503 g/mol. The van der Waals surface area contributed by atoms with Gasteiger partial charge in [0.15, 0.2) is 11.6 Å². The molecule has 0 bridgehead atoms. The highest BCUT2D eigenvalue weighted by Crippen LogP contribution is 2.40. The first kappa shape index (κ1) is 24.3. The molecule has 5 rings (SSSR count). The number of aromatic nitrogens is 2. The van der Waals surface area contributed by atoms with E-state index in [1.807, 2.05) is 30.3 Å². The summed E-state index contributed by atoms with van der Waals surface area (Å²) in [5.41, 5.74) is 14.9. The smallest absolute Gasteiger partial charge is 0.398 e. The number of amidine groups is 1. The zero-order chi connectivity index (χ0) is 26.0. The standard InChI is InChI=1S/C28H25F3N6/c29-28(30,31)21-13-6-4-11-19(21)26-34-23-15-8-16-37(17-18-9-2-1-3-10-18)24(23)27(36-26)35-25(33)20-12-5-7-14-22(20)32/h1-7,9-14H,8,15-17,32H2,(H2,33,34,35,36). The van der Waals surface area contributed by atoms with Crippen molar-refractivity contribution in [2.24, 2.45) is 10.7 Å². The van der Waals surface area contributed by atoms with E-state index in [9.17, 15) is 13.2 Å². The molecule has 1 aliphatic rings. The molecule has 188 valence electrons. The second-order valence-electron chi connectivity index (χ2n) is 8.80. The molecule has 0 saturated carbocycles. The highest BCUT2D eigenvalue weighted by molar-refractivity contribution is 6.03. The first-order valence-electron chi connectivity index (χ1n) is 11.9. The van der Waals surface area contributed by atoms with Crippen molar-refractivity contribution in [3.63, 3.8) is 0 Å². The van der Waals surface area contributed by atoms with Gasteiger partial charge in [-0.2, -0.15) is 13.2 Å². The number of anilines is 2. The molecule has 0 fully saturated rings. The minimum atomic E-state index is -4.56. The maximum Gasteiger partial charge on any atom is 0.417 e. The summed E-state index contributed by atoms with van der Waals surface area (Å²) in [6, 6.07) is 22.2. The molecule has 4 N–H and O–H groups in total. The van der Waals surface area contributed by atoms with Gasteiger partial charge in [0.1, 0.15) is 11.5 Å². The van der Waals surface area contributed by atoms with Crippen LogP contribution in [-0.2, 0) is 19.1 Å². The number of nitrogens with two attached hydrogens (primary N) is 2. The molecule has 0 spiro atoms. The van der Waals surface area contributed by atoms with Gasteiger partial charge in [-0.25, -0.2) is 15.0 Å². The van der Waals surface area contributed by atoms with E-state index in [1.54, 1.807) is 24.3 Å². The van der Waals surface area contributed by atoms with E-state index in [-0.39, 0.29) is 23.0 Å². The highest BCUT2D eigenvalue weighted by Gasteiger charge is 2.35. The lowest BCUT2D eigenvalue weighted by Gasteiger charge is -2.31. The Bertz CT molecular complexity index is 1450. The summed E-state index contributed by atoms with van der Waals surface area (Å²) in [6.07, 6.45) is -3.18. The van der Waals surface area contributed by atoms with Crippen LogP contribution in [0.4, 0.5) is 30.4 Å². The number of aryl methyl sites for hydroxylation is 1. The normalized spacial score (nSPS) is 13.9. The number of hydrogen-bond acceptors (Lipinski definition) is 5. The second kappa shape index (κ2) is 9.93. The van der Waals surface area contributed by atoms with Gasteiger partial charge in [-0.05, 0) is 36.6 Å². The molecule has 9 heteroatoms. The molecule has 37 heavy (non-hydrogen) atoms. The van der Waals surface area contributed by atoms with Crippen LogP contribution >= 0.6 is 0 Å². The molecule has 1 aliphatic heterocycles. The number of benzene rings is 3. The number of nitrogens with zero attached hydrogens (tertiary/aromatic N) is 4. The van der Waals surface area contributed by atoms with Crippen molar-refractivity contribution < 1.29 is 13.2 Å². The Labute approximate surface area is 212 Å². The fraction of sp³-hybridized carbons (Fsp3) is 0.179. The molecule has 0 aliphatic carbocycles. The Hall–Kier alpha value is -4.40. The fourth-order valence-electron chi connectivity index (χ4n) is 4.53. The largest absolute Gasteiger partial charge is 0.417 e. The maximum atomic E-state index is 13.8. The number of aliphatic imine (C=N–C) groups is 1. The Balaban J connectivity index is 1.69. The Morgan fingerprint density at radius 2 is 1.62 bits per heavy atom. The van der Waals surface area contributed by atoms with Gasteiger partial charge in [0.2, 0.25) is 0 Å². The summed E-state index contributed by atoms with van der Waals surface area (Å²) in [7, 11) is 0. The fourth-order valence-corrected chi connectivity index (χ4v) is 4.53. The monoisotopic (exact) mass is 502 g/mol. The molecule has 0 radical (unpaired) electrons. The lowest BCUT2D eigenvalue weighted by Crippen LogP contribution is -2.30. The van der Waals surface area contributed by atoms with Crippen molar-refractivity contribution in [1.29, 1.82) is 0 Å². The van der Waals surface area contributed by atoms with E-state index in [0.29, 0.717) is 35.6 Å². The van der Waals surface area contributed by atoms with Crippen molar-refractivity contribution in [3.05, 3.63) is 101 Å². The SMILES string of the molecule is NC(=Nc1nc(-c2ccccc2C(F)(F)F)nc2c1N(Cc1ccccc1)CCC2)c1ccccc1N. The van der Waals surface area contributed by atoms with Crippen LogP contribution in [-0.4, -0.2) is 22.3 Å². The van der Waals surface area contributed by atoms with E-state index < -0.39 is 11.7 Å². The lowest BCUT2D eigenvalue weighted by molar-refractivity contribution is -0.137. The van der Waals surface area contributed by atoms with Crippen LogP contribution in [0, 0.1) is 0 Å². The summed E-state index contributed by atoms with van der Waals surface area (Å²) in [6.45, 7) is 1.30. The zero-order valence-corrected chi connectivity index (χ0v) is 19.9. The van der Waals surface area contributed by atoms with Gasteiger partial charge in [-0.15, -0.1) is 0 Å². The van der Waals surface area contributed by atoms with Gasteiger partial charge in [0.05, 0.1) is 11.3 Å². The highest BCUT2D eigenvalue weighted by atomic mass is 19.4. The van der Waals surface area contributed by atoms with Crippen molar-refractivity contribution in [2.75, 3.05) is 17.2 Å². The van der Waals surface area contributed by atoms with Gasteiger partial charge >= 0.3 is 6.18 Å². The zero-order valence-electron chi connectivity index (χ0n) is 19.9. The van der Waals surface area contributed by atoms with Gasteiger partial charge in [0.25, 0.3) is 0 Å². The van der Waals surface area contributed by atoms with E-state index in [1.165, 1.54) is 18.2 Å². The minimum Gasteiger partial charge on any atom is -0.398 e. The number of nitrogen functional groups attached to an aromatic ring is 1. The minimum absolute atomic E-state index is 0.0409. The van der Waals surface area contributed by atoms with Crippen molar-refractivity contribution in [3.8, 4) is 11.4 Å². The first-order valence-corrected chi connectivity index (χ1v) is 11.9. The summed E-state index contributed by atoms with van der Waals surface area (Å²) >= 11 is 0. The average Bonchev–Trinajstić information content (AvgIpc) is 2.89. The van der Waals surface area contributed by atoms with Crippen LogP contribution in [0.3, 0.4) is 0 Å². The number of rotatable bonds is 5. The third-order valence-electron chi connectivity index (χ3n) is 6.25. The second-order valence-corrected chi connectivity index (χ2v) is 8.80. The molecule has 0 unspecified atom stereocenters. The number of hydrogen-bond donors (Lipinski definition) is 2. The number of fused-ring (bicyclic) bond motifs is 1. The van der Waals surface area contributed by atoms with Crippen LogP contribution in [0.15, 0.2) is 83.9 Å². The molecule has 0 saturated heterocycles. The Kier molecular flexibility index (Phi) is 6.52. The predicted molar refractivity (Wildman–Crippen MR) is 140 cm³/mol. The van der Waals surface area contributed by atoms with Crippen LogP contribution in [0.1, 0.15) is 28.8 Å². The van der Waals surface area contributed by atoms with Crippen molar-refractivity contribution in [1.82, 2.24) is 9.97 Å². The van der Waals surface area contributed by atoms with Crippen LogP contribution < -0.4 is 16.4 Å². The molecule has 2 heterocycles. The van der Waals surface area contributed by atoms with E-state index >= 15 is 0 Å². The molecule has 0 atom stereocenters. The van der Waals surface area contributed by atoms with Gasteiger partial charge in [-0.1, -0.05) is 60.7 Å². The first-order chi connectivity index (χ1) is 17.8. The van der Waals surface area contributed by atoms with Crippen LogP contribution in [0.5, 0.6) is 0 Å². The van der Waals surface area contributed by atoms with Crippen LogP contribution in [0.25, 0.3) is 11.4 Å². The number of alkyl halides is 3. The number of para-hydroxylation sites is 1. The summed E-state index contributed by atoms with van der Waals surface area (Å²) in [4.78, 5) is 15.9. The van der Waals surface area contributed by atoms with Gasteiger partial charge < -0.3 is 16.4 Å². The van der Waals surface area contributed by atoms with Gasteiger partial charge in [-0.3, -0.25) is 0 Å². The molecule has 4 aromatic rings. The Morgan fingerprint density at radius 1 is 0.919 bits per heavy atom. The molecular weight excluding hydrogens is 477 g/mol. The van der Waals surface area contributed by atoms with E-state index in [0.717, 1.165) is 24.6 Å². The molecule has 1 aromatic heterocycles. The quantitative estimate of drug-likeness (QED) is 0.206. The third-order valence-corrected chi connectivity index (χ3v) is 6.25. The third kappa shape index (κ3) is 5.11. The topological polar surface area (TPSA) is 93.4 Å². The summed E-state index contributed by atoms with van der Waals surface area (Å²) in [5, 5.41) is 0. The van der Waals surface area contributed by atoms with Crippen molar-refractivity contribution >= 4 is 23.0 Å². The summed E-state index contributed by atoms with van der Waals surface area (Å²) < 4.78 is 41.5. The maximum absolute atomic E-state index is 13.8. The Morgan fingerprint density at radius 3 is 2.38 bits per heavy atom. The molecule has 3 aromatic carbocycles. The molecule has 0 amide bonds. The predicted octanol–water partition coefficient (Wildman–Crippen LogP) is 5.73. The molecular formula is C28H25F3N6. The van der Waals surface area contributed by atoms with Crippen molar-refractivity contribution in [2.45, 2.75) is 25.6 Å². The van der Waals surface area contributed by atoms with E-state index in [2.05, 4.69) is 19.9 Å².